The van der Waals surface area contributed by atoms with Crippen LogP contribution in [-0.4, -0.2) is 48.0 Å². The van der Waals surface area contributed by atoms with E-state index >= 15 is 0 Å². The van der Waals surface area contributed by atoms with Crippen LogP contribution in [0.3, 0.4) is 0 Å². The van der Waals surface area contributed by atoms with Gasteiger partial charge < -0.3 is 4.90 Å². The van der Waals surface area contributed by atoms with E-state index in [-0.39, 0.29) is 10.8 Å². The maximum absolute atomic E-state index is 13.1. The third kappa shape index (κ3) is 5.49. The summed E-state index contributed by atoms with van der Waals surface area (Å²) < 4.78 is 42.0. The number of amides is 1. The lowest BCUT2D eigenvalue weighted by Gasteiger charge is -2.31. The van der Waals surface area contributed by atoms with Crippen LogP contribution in [0, 0.1) is 18.8 Å². The average molecular weight is 445 g/mol. The number of likely N-dealkylation sites (tertiary alicyclic amines) is 1. The molecule has 0 N–H and O–H groups in total. The molecule has 2 aromatic carbocycles. The monoisotopic (exact) mass is 444 g/mol. The molecule has 1 amide bonds. The summed E-state index contributed by atoms with van der Waals surface area (Å²) in [6, 6.07) is 15.5. The van der Waals surface area contributed by atoms with Gasteiger partial charge in [-0.05, 0) is 44.0 Å². The van der Waals surface area contributed by atoms with E-state index in [0.29, 0.717) is 25.9 Å². The molecule has 0 bridgehead atoms. The molecule has 0 spiro atoms. The minimum atomic E-state index is -4.01. The molecular weight excluding hydrogens is 420 g/mol. The predicted octanol–water partition coefficient (Wildman–Crippen LogP) is 2.82. The Kier molecular flexibility index (Phi) is 6.64. The Morgan fingerprint density at radius 3 is 2.20 bits per heavy atom. The number of sulfonamides is 1. The summed E-state index contributed by atoms with van der Waals surface area (Å²) in [6.45, 7) is 2.60. The first-order chi connectivity index (χ1) is 14.2. The highest BCUT2D eigenvalue weighted by Gasteiger charge is 2.29. The number of hydrogen-bond donors (Lipinski definition) is 0. The van der Waals surface area contributed by atoms with E-state index in [1.807, 2.05) is 37.3 Å². The van der Waals surface area contributed by atoms with Crippen LogP contribution in [0.5, 0.6) is 0 Å². The number of rotatable bonds is 3. The number of benzene rings is 2. The van der Waals surface area contributed by atoms with E-state index in [1.165, 1.54) is 18.4 Å². The highest BCUT2D eigenvalue weighted by Crippen LogP contribution is 2.22. The molecule has 1 aliphatic rings. The number of carbonyl (C=O) groups excluding carboxylic acids is 1. The summed E-state index contributed by atoms with van der Waals surface area (Å²) in [5.41, 5.74) is 1.69. The zero-order chi connectivity index (χ0) is 21.8. The van der Waals surface area contributed by atoms with Crippen LogP contribution < -0.4 is 0 Å². The Morgan fingerprint density at radius 1 is 1.00 bits per heavy atom. The molecule has 8 heteroatoms. The fourth-order valence-electron chi connectivity index (χ4n) is 3.23. The summed E-state index contributed by atoms with van der Waals surface area (Å²) in [6.07, 6.45) is 2.22. The molecular formula is C22H24N2O4S2. The van der Waals surface area contributed by atoms with Crippen molar-refractivity contribution in [2.45, 2.75) is 29.9 Å². The second kappa shape index (κ2) is 9.02. The fraction of sp³-hybridized carbons (Fsp3) is 0.318. The van der Waals surface area contributed by atoms with Crippen molar-refractivity contribution in [2.24, 2.45) is 3.77 Å². The van der Waals surface area contributed by atoms with Crippen LogP contribution in [0.1, 0.15) is 24.0 Å². The van der Waals surface area contributed by atoms with Crippen molar-refractivity contribution < 1.29 is 17.4 Å². The van der Waals surface area contributed by atoms with Gasteiger partial charge in [0.05, 0.1) is 14.6 Å². The molecule has 0 radical (unpaired) electrons. The normalized spacial score (nSPS) is 16.8. The van der Waals surface area contributed by atoms with E-state index in [0.717, 1.165) is 11.1 Å². The highest BCUT2D eigenvalue weighted by atomic mass is 32.3. The van der Waals surface area contributed by atoms with Gasteiger partial charge in [-0.3, -0.25) is 4.79 Å². The van der Waals surface area contributed by atoms with Gasteiger partial charge in [0.15, 0.2) is 0 Å². The van der Waals surface area contributed by atoms with Crippen molar-refractivity contribution in [3.8, 4) is 11.8 Å². The minimum absolute atomic E-state index is 0.0338. The smallest absolute Gasteiger partial charge is 0.298 e. The molecule has 1 saturated heterocycles. The van der Waals surface area contributed by atoms with E-state index in [9.17, 15) is 17.4 Å². The van der Waals surface area contributed by atoms with Gasteiger partial charge in [-0.25, -0.2) is 4.21 Å². The van der Waals surface area contributed by atoms with Gasteiger partial charge in [0, 0.05) is 36.1 Å². The quantitative estimate of drug-likeness (QED) is 0.682. The molecule has 1 fully saturated rings. The summed E-state index contributed by atoms with van der Waals surface area (Å²) in [5, 5.41) is -0.399. The number of carbonyl (C=O) groups is 1. The highest BCUT2D eigenvalue weighted by molar-refractivity contribution is 8.03. The molecule has 6 nitrogen and oxygen atoms in total. The molecule has 1 unspecified atom stereocenters. The molecule has 1 aliphatic heterocycles. The largest absolute Gasteiger partial charge is 0.332 e. The zero-order valence-corrected chi connectivity index (χ0v) is 18.6. The molecule has 0 aliphatic carbocycles. The fourth-order valence-corrected chi connectivity index (χ4v) is 7.19. The molecule has 2 aromatic rings. The Hall–Kier alpha value is -2.63. The van der Waals surface area contributed by atoms with Crippen LogP contribution in [0.25, 0.3) is 0 Å². The van der Waals surface area contributed by atoms with Gasteiger partial charge >= 0.3 is 0 Å². The maximum atomic E-state index is 13.1. The van der Waals surface area contributed by atoms with Gasteiger partial charge in [-0.15, -0.1) is 3.77 Å². The van der Waals surface area contributed by atoms with Crippen LogP contribution in [0.15, 0.2) is 63.3 Å². The Bertz CT molecular complexity index is 1190. The maximum Gasteiger partial charge on any atom is 0.298 e. The van der Waals surface area contributed by atoms with Crippen molar-refractivity contribution in [1.29, 1.82) is 0 Å². The van der Waals surface area contributed by atoms with Gasteiger partial charge in [0.2, 0.25) is 0 Å². The van der Waals surface area contributed by atoms with E-state index in [1.54, 1.807) is 17.0 Å². The number of piperidine rings is 1. The lowest BCUT2D eigenvalue weighted by Crippen LogP contribution is -2.41. The predicted molar refractivity (Wildman–Crippen MR) is 118 cm³/mol. The third-order valence-electron chi connectivity index (χ3n) is 5.00. The number of aryl methyl sites for hydroxylation is 1. The Morgan fingerprint density at radius 2 is 1.60 bits per heavy atom. The Labute approximate surface area is 178 Å². The molecule has 3 rings (SSSR count). The number of nitrogens with zero attached hydrogens (tertiary/aromatic N) is 2. The van der Waals surface area contributed by atoms with Gasteiger partial charge in [-0.2, -0.15) is 8.42 Å². The molecule has 30 heavy (non-hydrogen) atoms. The first kappa shape index (κ1) is 22.1. The molecule has 158 valence electrons. The van der Waals surface area contributed by atoms with Crippen LogP contribution in [0.2, 0.25) is 0 Å². The standard InChI is InChI=1S/C22H24N2O4S2/c1-18-8-11-21(12-9-18)30(27,28)23-29(2,26)20-14-16-24(17-15-20)22(25)13-10-19-6-4-3-5-7-19/h3-9,11-12,20H,14-17H2,1-2H3. The molecule has 0 aromatic heterocycles. The lowest BCUT2D eigenvalue weighted by molar-refractivity contribution is -0.125. The first-order valence-corrected chi connectivity index (χ1v) is 13.0. The van der Waals surface area contributed by atoms with E-state index < -0.39 is 25.0 Å². The summed E-state index contributed by atoms with van der Waals surface area (Å²) in [7, 11) is -7.00. The summed E-state index contributed by atoms with van der Waals surface area (Å²) in [4.78, 5) is 14.0. The zero-order valence-electron chi connectivity index (χ0n) is 16.9. The topological polar surface area (TPSA) is 83.9 Å². The summed E-state index contributed by atoms with van der Waals surface area (Å²) in [5.74, 6) is 5.19. The van der Waals surface area contributed by atoms with Gasteiger partial charge in [0.1, 0.15) is 0 Å². The van der Waals surface area contributed by atoms with Crippen molar-refractivity contribution in [2.75, 3.05) is 19.3 Å². The van der Waals surface area contributed by atoms with Crippen molar-refractivity contribution in [1.82, 2.24) is 4.90 Å². The van der Waals surface area contributed by atoms with E-state index in [2.05, 4.69) is 15.6 Å². The summed E-state index contributed by atoms with van der Waals surface area (Å²) >= 11 is 0. The third-order valence-corrected chi connectivity index (χ3v) is 9.55. The molecule has 1 atom stereocenters. The van der Waals surface area contributed by atoms with Gasteiger partial charge in [-0.1, -0.05) is 41.8 Å². The number of hydrogen-bond acceptors (Lipinski definition) is 4. The van der Waals surface area contributed by atoms with Crippen molar-refractivity contribution >= 4 is 25.7 Å². The molecule has 0 saturated carbocycles. The SMILES string of the molecule is Cc1ccc(S(=O)(=O)N=S(C)(=O)C2CCN(C(=O)C#Cc3ccccc3)CC2)cc1. The van der Waals surface area contributed by atoms with Gasteiger partial charge in [0.25, 0.3) is 15.9 Å². The average Bonchev–Trinajstić information content (AvgIpc) is 2.72. The molecule has 1 heterocycles. The van der Waals surface area contributed by atoms with Crippen molar-refractivity contribution in [3.63, 3.8) is 0 Å². The first-order valence-electron chi connectivity index (χ1n) is 9.57. The lowest BCUT2D eigenvalue weighted by atomic mass is 10.1. The van der Waals surface area contributed by atoms with Crippen LogP contribution in [-0.2, 0) is 24.5 Å². The second-order valence-electron chi connectivity index (χ2n) is 7.33. The van der Waals surface area contributed by atoms with Crippen LogP contribution in [0.4, 0.5) is 0 Å². The van der Waals surface area contributed by atoms with Crippen LogP contribution >= 0.6 is 0 Å². The minimum Gasteiger partial charge on any atom is -0.332 e. The van der Waals surface area contributed by atoms with E-state index in [4.69, 9.17) is 0 Å². The van der Waals surface area contributed by atoms with Crippen molar-refractivity contribution in [3.05, 3.63) is 65.7 Å². The second-order valence-corrected chi connectivity index (χ2v) is 11.7. The Balaban J connectivity index is 1.68.